The Morgan fingerprint density at radius 3 is 1.09 bits per heavy atom. The van der Waals surface area contributed by atoms with E-state index in [1.807, 2.05) is 59.7 Å². The smallest absolute Gasteiger partial charge is 0.288 e. The third kappa shape index (κ3) is 20.1. The summed E-state index contributed by atoms with van der Waals surface area (Å²) in [5.74, 6) is 0.475. The fourth-order valence-electron chi connectivity index (χ4n) is 21.8. The molecule has 19 atom stereocenters. The highest BCUT2D eigenvalue weighted by atomic mass is 35.5. The van der Waals surface area contributed by atoms with Crippen LogP contribution in [0.4, 0.5) is 32.8 Å². The third-order valence-electron chi connectivity index (χ3n) is 30.6. The number of carbonyl (C=O) groups is 4. The monoisotopic (exact) mass is 1920 g/mol. The van der Waals surface area contributed by atoms with Crippen LogP contribution in [0.2, 0.25) is 25.1 Å². The summed E-state index contributed by atoms with van der Waals surface area (Å²) in [7, 11) is 3.81. The van der Waals surface area contributed by atoms with Crippen molar-refractivity contribution < 1.29 is 44.0 Å². The molecular formula is C92H120Cl5FN22O12. The highest BCUT2D eigenvalue weighted by Crippen LogP contribution is 2.66. The Labute approximate surface area is 789 Å². The maximum Gasteiger partial charge on any atom is 0.288 e. The highest BCUT2D eigenvalue weighted by Gasteiger charge is 2.66. The normalized spacial score (nSPS) is 28.2. The fourth-order valence-corrected chi connectivity index (χ4v) is 22.9. The van der Waals surface area contributed by atoms with Gasteiger partial charge in [-0.2, -0.15) is 35.0 Å². The molecule has 40 heteroatoms. The van der Waals surface area contributed by atoms with Crippen LogP contribution in [-0.4, -0.2) is 169 Å². The molecule has 0 aliphatic heterocycles. The number of nitrogens with zero attached hydrogens (tertiary/aromatic N) is 14. The van der Waals surface area contributed by atoms with Crippen LogP contribution in [0.1, 0.15) is 196 Å². The van der Waals surface area contributed by atoms with E-state index in [1.54, 1.807) is 63.0 Å². The van der Waals surface area contributed by atoms with E-state index < -0.39 is 68.4 Å². The minimum atomic E-state index is -0.946. The quantitative estimate of drug-likeness (QED) is 0.0236. The second-order valence-electron chi connectivity index (χ2n) is 40.2. The Morgan fingerprint density at radius 2 is 0.765 bits per heavy atom. The predicted molar refractivity (Wildman–Crippen MR) is 502 cm³/mol. The summed E-state index contributed by atoms with van der Waals surface area (Å²) in [6, 6.07) is 6.05. The molecule has 0 aromatic carbocycles. The molecule has 8 heterocycles. The zero-order chi connectivity index (χ0) is 96.4. The predicted octanol–water partition coefficient (Wildman–Crippen LogP) is 10.8. The van der Waals surface area contributed by atoms with Gasteiger partial charge in [-0.05, 0) is 221 Å². The lowest BCUT2D eigenvalue weighted by atomic mass is 9.43. The molecule has 3 unspecified atom stereocenters. The van der Waals surface area contributed by atoms with Gasteiger partial charge in [0.25, 0.3) is 22.2 Å². The van der Waals surface area contributed by atoms with Crippen molar-refractivity contribution in [1.82, 2.24) is 85.5 Å². The van der Waals surface area contributed by atoms with E-state index in [0.717, 1.165) is 92.5 Å². The number of amides is 4. The number of aromatic nitrogens is 13. The Balaban J connectivity index is 0.000000150. The molecule has 12 fully saturated rings. The second-order valence-corrected chi connectivity index (χ2v) is 42.1. The van der Waals surface area contributed by atoms with Crippen LogP contribution in [0.5, 0.6) is 0 Å². The molecule has 8 aromatic heterocycles. The van der Waals surface area contributed by atoms with E-state index in [0.29, 0.717) is 63.6 Å². The number of nitrogens with one attached hydrogen (secondary N) is 8. The molecule has 12 N–H and O–H groups in total. The molecular weight excluding hydrogens is 1800 g/mol. The number of carbonyl (C=O) groups excluding carboxylic acids is 4. The molecule has 34 nitrogen and oxygen atoms in total. The Bertz CT molecular complexity index is 5900. The molecule has 12 aliphatic rings. The number of rotatable bonds is 25. The average Bonchev–Trinajstić information content (AvgIpc) is 0.718. The van der Waals surface area contributed by atoms with E-state index in [2.05, 4.69) is 143 Å². The van der Waals surface area contributed by atoms with Crippen LogP contribution in [-0.2, 0) is 51.9 Å². The van der Waals surface area contributed by atoms with Crippen molar-refractivity contribution in [3.05, 3.63) is 193 Å². The number of aliphatic hydroxyl groups is 4. The summed E-state index contributed by atoms with van der Waals surface area (Å²) in [6.07, 6.45) is 23.8. The van der Waals surface area contributed by atoms with Gasteiger partial charge >= 0.3 is 0 Å². The van der Waals surface area contributed by atoms with Crippen LogP contribution < -0.4 is 69.7 Å². The first-order valence-electron chi connectivity index (χ1n) is 44.5. The summed E-state index contributed by atoms with van der Waals surface area (Å²) in [6.45, 7) is 29.4. The van der Waals surface area contributed by atoms with Gasteiger partial charge in [0, 0.05) is 51.6 Å². The largest absolute Gasteiger partial charge is 0.388 e. The van der Waals surface area contributed by atoms with E-state index in [9.17, 15) is 63.2 Å². The molecule has 0 spiro atoms. The van der Waals surface area contributed by atoms with E-state index >= 15 is 0 Å². The van der Waals surface area contributed by atoms with Crippen molar-refractivity contribution in [2.24, 2.45) is 69.0 Å². The van der Waals surface area contributed by atoms with Crippen molar-refractivity contribution in [3.8, 4) is 0 Å². The highest BCUT2D eigenvalue weighted by molar-refractivity contribution is 6.34. The van der Waals surface area contributed by atoms with Crippen LogP contribution in [0, 0.1) is 75.0 Å². The van der Waals surface area contributed by atoms with Gasteiger partial charge in [-0.15, -0.1) is 0 Å². The molecule has 712 valence electrons. The van der Waals surface area contributed by atoms with Gasteiger partial charge in [0.1, 0.15) is 46.3 Å². The summed E-state index contributed by atoms with van der Waals surface area (Å²) in [5.41, 5.74) is -0.325. The first kappa shape index (κ1) is 99.6. The second kappa shape index (κ2) is 38.5. The van der Waals surface area contributed by atoms with Gasteiger partial charge in [-0.1, -0.05) is 113 Å². The third-order valence-corrected chi connectivity index (χ3v) is 32.4. The molecule has 8 aromatic rings. The van der Waals surface area contributed by atoms with Gasteiger partial charge in [0.15, 0.2) is 0 Å². The van der Waals surface area contributed by atoms with E-state index in [-0.39, 0.29) is 140 Å². The standard InChI is InChI=1S/C24H33ClN6O3.C23H29Cl2N5O3.C23H29ClFN5O3.C22H29ClN6O3/c1-23(2)15-8-18(23)24(3,34)19(9-15)29-16-11-28-31(22(33)21(16)25)13-20(32)27-10-14-6-7-26-12-17(14)30(4)5;1-12(14-5-6-26-9-15(14)24)28-19(31)11-30-21(32)20(25)16(10-27-30)29-18-8-13-7-17(22(13,2)3)23(18,4)33;1-12(13-5-6-26-18(25)7-13)28-19(31)11-30-21(32)20(24)15(10-27-30)29-17-9-14-8-16(22(14,2)3)23(17,4)33;1-12(13-5-6-24-25-9-13)27-18(30)11-29-20(31)19(23)15(10-26-29)28-17-8-14-7-16(21(14,2)3)22(17,4)32/h6-7,11-12,15,18-19,29,34H,8-10,13H2,1-5H3,(H,27,32);5-6,9-10,12-13,17-18,29,33H,7-8,11H2,1-4H3,(H,28,31);5-7,10,12,14,16-17,29,33H,8-9,11H2,1-4H3,(H,28,31);5-6,9-10,12,14,16-17,28,32H,7-8,11H2,1-4H3,(H,27,30)/t15-,18-,19+,24-;12?,13-,17-,18+,23-;12?,14-,16-,17+,23-;12?,14-,16-,17+,22-/m0000/s1. The fraction of sp³-hybridized carbons (Fsp3) is 0.576. The molecule has 8 bridgehead atoms. The van der Waals surface area contributed by atoms with Crippen LogP contribution in [0.15, 0.2) is 118 Å². The minimum Gasteiger partial charge on any atom is -0.388 e. The molecule has 20 rings (SSSR count). The minimum absolute atomic E-state index is 0.0406. The maximum absolute atomic E-state index is 13.3. The Kier molecular flexibility index (Phi) is 29.1. The summed E-state index contributed by atoms with van der Waals surface area (Å²) < 4.78 is 17.4. The number of halogens is 6. The lowest BCUT2D eigenvalue weighted by Gasteiger charge is -2.65. The van der Waals surface area contributed by atoms with Gasteiger partial charge in [-0.25, -0.2) is 23.7 Å². The number of pyridine rings is 3. The maximum atomic E-state index is 13.3. The first-order valence-corrected chi connectivity index (χ1v) is 46.4. The lowest BCUT2D eigenvalue weighted by Crippen LogP contribution is -2.68. The van der Waals surface area contributed by atoms with Crippen molar-refractivity contribution in [2.75, 3.05) is 40.3 Å². The van der Waals surface area contributed by atoms with Gasteiger partial charge in [0.05, 0.1) is 135 Å². The first-order chi connectivity index (χ1) is 61.8. The SMILES string of the molecule is CC(NC(=O)Cn1ncc(N[C@@H]2C[C@@H]3C[C@@H](C3(C)C)[C@]2(C)O)c(Cl)c1=O)c1ccnc(F)c1.CC(NC(=O)Cn1ncc(N[C@@H]2C[C@@H]3C[C@@H](C3(C)C)[C@]2(C)O)c(Cl)c1=O)c1ccncc1Cl.CC(NC(=O)Cn1ncc(N[C@@H]2C[C@@H]3C[C@@H](C3(C)C)[C@]2(C)O)c(Cl)c1=O)c1ccnnc1.CN(C)c1cnccc1CNC(=O)Cn1ncc(N[C@@H]2C[C@@H]3C[C@@H](C3(C)C)[C@]2(C)O)c(Cl)c1=O. The average molecular weight is 1920 g/mol. The molecule has 4 amide bonds. The zero-order valence-electron chi connectivity index (χ0n) is 77.2. The molecule has 0 radical (unpaired) electrons. The van der Waals surface area contributed by atoms with Crippen molar-refractivity contribution in [2.45, 2.75) is 253 Å². The number of hydrogen-bond donors (Lipinski definition) is 12. The molecule has 0 saturated heterocycles. The number of hydrogen-bond acceptors (Lipinski definition) is 26. The lowest BCUT2D eigenvalue weighted by molar-refractivity contribution is -0.199. The van der Waals surface area contributed by atoms with Crippen LogP contribution in [0.25, 0.3) is 0 Å². The summed E-state index contributed by atoms with van der Waals surface area (Å²) in [4.78, 5) is 114. The van der Waals surface area contributed by atoms with Crippen molar-refractivity contribution in [1.29, 1.82) is 0 Å². The summed E-state index contributed by atoms with van der Waals surface area (Å²) >= 11 is 31.5. The van der Waals surface area contributed by atoms with Gasteiger partial charge in [0.2, 0.25) is 29.6 Å². The van der Waals surface area contributed by atoms with Crippen molar-refractivity contribution >= 4 is 110 Å². The topological polar surface area (TPSA) is 453 Å². The molecule has 12 aliphatic carbocycles. The van der Waals surface area contributed by atoms with Crippen LogP contribution >= 0.6 is 58.0 Å². The van der Waals surface area contributed by atoms with Crippen molar-refractivity contribution in [3.63, 3.8) is 0 Å². The van der Waals surface area contributed by atoms with E-state index in [4.69, 9.17) is 58.0 Å². The van der Waals surface area contributed by atoms with Gasteiger partial charge < -0.3 is 67.9 Å². The number of fused-ring (bicyclic) bond motifs is 8. The van der Waals surface area contributed by atoms with Crippen LogP contribution in [0.3, 0.4) is 0 Å². The molecule has 132 heavy (non-hydrogen) atoms. The Morgan fingerprint density at radius 1 is 0.432 bits per heavy atom. The summed E-state index contributed by atoms with van der Waals surface area (Å²) in [5, 5.41) is 93.0. The number of anilines is 5. The zero-order valence-corrected chi connectivity index (χ0v) is 81.0. The Hall–Kier alpha value is -9.85. The van der Waals surface area contributed by atoms with E-state index in [1.165, 1.54) is 43.2 Å². The van der Waals surface area contributed by atoms with Gasteiger partial charge in [-0.3, -0.25) is 48.3 Å². The molecule has 12 saturated carbocycles.